The number of alkyl halides is 1. The molecule has 13 heavy (non-hydrogen) atoms. The lowest BCUT2D eigenvalue weighted by atomic mass is 10.1. The Morgan fingerprint density at radius 2 is 2.15 bits per heavy atom. The molecule has 1 rings (SSSR count). The van der Waals surface area contributed by atoms with Crippen LogP contribution in [0, 0.1) is 5.82 Å². The number of halogens is 2. The van der Waals surface area contributed by atoms with Gasteiger partial charge in [-0.3, -0.25) is 4.79 Å². The van der Waals surface area contributed by atoms with Gasteiger partial charge in [0.2, 0.25) is 0 Å². The summed E-state index contributed by atoms with van der Waals surface area (Å²) in [4.78, 5) is 11.1. The highest BCUT2D eigenvalue weighted by Crippen LogP contribution is 2.15. The number of rotatable bonds is 2. The average Bonchev–Trinajstić information content (AvgIpc) is 2.01. The summed E-state index contributed by atoms with van der Waals surface area (Å²) in [5.41, 5.74) is 5.94. The molecule has 1 atom stereocenters. The van der Waals surface area contributed by atoms with Crippen molar-refractivity contribution in [2.75, 3.05) is 5.73 Å². The first-order valence-corrected chi connectivity index (χ1v) is 4.66. The zero-order valence-electron chi connectivity index (χ0n) is 7.05. The Bertz CT molecular complexity index is 318. The number of ketones is 1. The van der Waals surface area contributed by atoms with Gasteiger partial charge in [-0.15, -0.1) is 0 Å². The third kappa shape index (κ3) is 2.52. The van der Waals surface area contributed by atoms with E-state index in [0.717, 1.165) is 0 Å². The maximum Gasteiger partial charge on any atom is 0.176 e. The lowest BCUT2D eigenvalue weighted by Crippen LogP contribution is -2.10. The summed E-state index contributed by atoms with van der Waals surface area (Å²) in [5.74, 6) is -0.664. The second-order valence-electron chi connectivity index (χ2n) is 2.75. The highest BCUT2D eigenvalue weighted by Gasteiger charge is 2.12. The molecule has 4 heteroatoms. The molecule has 0 saturated heterocycles. The van der Waals surface area contributed by atoms with Crippen molar-refractivity contribution in [3.8, 4) is 0 Å². The van der Waals surface area contributed by atoms with Crippen LogP contribution in [0.2, 0.25) is 0 Å². The molecule has 0 aliphatic heterocycles. The minimum Gasteiger partial charge on any atom is -0.399 e. The van der Waals surface area contributed by atoms with Gasteiger partial charge in [-0.1, -0.05) is 15.9 Å². The van der Waals surface area contributed by atoms with Gasteiger partial charge in [0.1, 0.15) is 5.82 Å². The van der Waals surface area contributed by atoms with E-state index in [1.807, 2.05) is 0 Å². The topological polar surface area (TPSA) is 43.1 Å². The van der Waals surface area contributed by atoms with Crippen LogP contribution in [-0.4, -0.2) is 10.6 Å². The van der Waals surface area contributed by atoms with Crippen molar-refractivity contribution in [2.24, 2.45) is 0 Å². The molecule has 1 aromatic carbocycles. The molecular formula is C9H9BrFNO. The monoisotopic (exact) mass is 245 g/mol. The third-order valence-electron chi connectivity index (χ3n) is 1.57. The highest BCUT2D eigenvalue weighted by atomic mass is 79.9. The van der Waals surface area contributed by atoms with Crippen molar-refractivity contribution in [2.45, 2.75) is 11.8 Å². The van der Waals surface area contributed by atoms with Crippen LogP contribution in [-0.2, 0) is 0 Å². The molecule has 0 saturated carbocycles. The molecule has 0 spiro atoms. The summed E-state index contributed by atoms with van der Waals surface area (Å²) in [6.45, 7) is 1.68. The summed E-state index contributed by atoms with van der Waals surface area (Å²) in [5, 5.41) is 0. The maximum atomic E-state index is 12.8. The van der Waals surface area contributed by atoms with E-state index in [0.29, 0.717) is 5.56 Å². The fraction of sp³-hybridized carbons (Fsp3) is 0.222. The number of nitrogen functional groups attached to an aromatic ring is 1. The SMILES string of the molecule is CC(Br)C(=O)c1cc(N)cc(F)c1. The summed E-state index contributed by atoms with van der Waals surface area (Å²) >= 11 is 3.11. The van der Waals surface area contributed by atoms with Crippen molar-refractivity contribution in [1.29, 1.82) is 0 Å². The van der Waals surface area contributed by atoms with E-state index >= 15 is 0 Å². The van der Waals surface area contributed by atoms with Gasteiger partial charge in [0.15, 0.2) is 5.78 Å². The fourth-order valence-corrected chi connectivity index (χ4v) is 1.25. The van der Waals surface area contributed by atoms with Gasteiger partial charge in [0.25, 0.3) is 0 Å². The molecule has 0 radical (unpaired) electrons. The second kappa shape index (κ2) is 3.87. The van der Waals surface area contributed by atoms with Gasteiger partial charge >= 0.3 is 0 Å². The molecular weight excluding hydrogens is 237 g/mol. The minimum atomic E-state index is -0.489. The van der Waals surface area contributed by atoms with E-state index in [4.69, 9.17) is 5.73 Å². The average molecular weight is 246 g/mol. The van der Waals surface area contributed by atoms with Crippen molar-refractivity contribution >= 4 is 27.4 Å². The first-order valence-electron chi connectivity index (χ1n) is 3.75. The smallest absolute Gasteiger partial charge is 0.176 e. The number of anilines is 1. The number of hydrogen-bond acceptors (Lipinski definition) is 2. The molecule has 2 nitrogen and oxygen atoms in total. The Balaban J connectivity index is 3.08. The Labute approximate surface area is 84.1 Å². The highest BCUT2D eigenvalue weighted by molar-refractivity contribution is 9.10. The second-order valence-corrected chi connectivity index (χ2v) is 4.13. The number of carbonyl (C=O) groups is 1. The van der Waals surface area contributed by atoms with E-state index in [1.54, 1.807) is 6.92 Å². The summed E-state index contributed by atoms with van der Waals surface area (Å²) < 4.78 is 12.8. The summed E-state index contributed by atoms with van der Waals surface area (Å²) in [6, 6.07) is 3.81. The van der Waals surface area contributed by atoms with Crippen molar-refractivity contribution in [3.63, 3.8) is 0 Å². The molecule has 70 valence electrons. The number of benzene rings is 1. The van der Waals surface area contributed by atoms with Gasteiger partial charge in [-0.2, -0.15) is 0 Å². The zero-order valence-corrected chi connectivity index (χ0v) is 8.64. The van der Waals surface area contributed by atoms with Gasteiger partial charge in [0, 0.05) is 11.3 Å². The van der Waals surface area contributed by atoms with Crippen LogP contribution in [0.25, 0.3) is 0 Å². The predicted molar refractivity (Wildman–Crippen MR) is 53.5 cm³/mol. The Kier molecular flexibility index (Phi) is 3.03. The zero-order chi connectivity index (χ0) is 10.0. The molecule has 0 bridgehead atoms. The minimum absolute atomic E-state index is 0.175. The third-order valence-corrected chi connectivity index (χ3v) is 1.98. The van der Waals surface area contributed by atoms with E-state index in [9.17, 15) is 9.18 Å². The lowest BCUT2D eigenvalue weighted by molar-refractivity contribution is 0.0995. The largest absolute Gasteiger partial charge is 0.399 e. The quantitative estimate of drug-likeness (QED) is 0.494. The van der Waals surface area contributed by atoms with Crippen molar-refractivity contribution in [3.05, 3.63) is 29.6 Å². The van der Waals surface area contributed by atoms with E-state index in [2.05, 4.69) is 15.9 Å². The van der Waals surface area contributed by atoms with Crippen LogP contribution in [0.5, 0.6) is 0 Å². The molecule has 0 aromatic heterocycles. The molecule has 2 N–H and O–H groups in total. The molecule has 0 fully saturated rings. The van der Waals surface area contributed by atoms with Crippen LogP contribution >= 0.6 is 15.9 Å². The van der Waals surface area contributed by atoms with Crippen LogP contribution in [0.3, 0.4) is 0 Å². The van der Waals surface area contributed by atoms with Gasteiger partial charge in [-0.25, -0.2) is 4.39 Å². The van der Waals surface area contributed by atoms with E-state index in [-0.39, 0.29) is 16.3 Å². The fourth-order valence-electron chi connectivity index (χ4n) is 0.984. The number of carbonyl (C=O) groups excluding carboxylic acids is 1. The number of hydrogen-bond donors (Lipinski definition) is 1. The van der Waals surface area contributed by atoms with Crippen molar-refractivity contribution in [1.82, 2.24) is 0 Å². The normalized spacial score (nSPS) is 12.5. The van der Waals surface area contributed by atoms with Gasteiger partial charge in [-0.05, 0) is 25.1 Å². The number of Topliss-reactive ketones (excluding diaryl/α,β-unsaturated/α-hetero) is 1. The van der Waals surface area contributed by atoms with E-state index < -0.39 is 5.82 Å². The number of nitrogens with two attached hydrogens (primary N) is 1. The maximum absolute atomic E-state index is 12.8. The Hall–Kier alpha value is -0.900. The van der Waals surface area contributed by atoms with Crippen LogP contribution < -0.4 is 5.73 Å². The molecule has 1 unspecified atom stereocenters. The standard InChI is InChI=1S/C9H9BrFNO/c1-5(10)9(13)6-2-7(11)4-8(12)3-6/h2-5H,12H2,1H3. The van der Waals surface area contributed by atoms with Crippen LogP contribution in [0.1, 0.15) is 17.3 Å². The van der Waals surface area contributed by atoms with Crippen LogP contribution in [0.4, 0.5) is 10.1 Å². The van der Waals surface area contributed by atoms with Gasteiger partial charge < -0.3 is 5.73 Å². The molecule has 0 amide bonds. The summed E-state index contributed by atoms with van der Waals surface area (Å²) in [6.07, 6.45) is 0. The predicted octanol–water partition coefficient (Wildman–Crippen LogP) is 2.37. The van der Waals surface area contributed by atoms with Gasteiger partial charge in [0.05, 0.1) is 4.83 Å². The lowest BCUT2D eigenvalue weighted by Gasteiger charge is -2.03. The Morgan fingerprint density at radius 3 is 2.62 bits per heavy atom. The molecule has 0 heterocycles. The Morgan fingerprint density at radius 1 is 1.54 bits per heavy atom. The van der Waals surface area contributed by atoms with E-state index in [1.165, 1.54) is 18.2 Å². The molecule has 1 aromatic rings. The first kappa shape index (κ1) is 10.2. The molecule has 0 aliphatic carbocycles. The van der Waals surface area contributed by atoms with Crippen molar-refractivity contribution < 1.29 is 9.18 Å². The summed E-state index contributed by atoms with van der Waals surface area (Å²) in [7, 11) is 0. The first-order chi connectivity index (χ1) is 6.00. The molecule has 0 aliphatic rings. The van der Waals surface area contributed by atoms with Crippen LogP contribution in [0.15, 0.2) is 18.2 Å².